The lowest BCUT2D eigenvalue weighted by atomic mass is 10.1. The van der Waals surface area contributed by atoms with Gasteiger partial charge in [0.05, 0.1) is 0 Å². The first-order chi connectivity index (χ1) is 11.2. The van der Waals surface area contributed by atoms with E-state index in [2.05, 4.69) is 9.50 Å². The van der Waals surface area contributed by atoms with Crippen molar-refractivity contribution in [3.63, 3.8) is 0 Å². The summed E-state index contributed by atoms with van der Waals surface area (Å²) in [7, 11) is -5.75. The van der Waals surface area contributed by atoms with Crippen LogP contribution in [-0.2, 0) is 30.4 Å². The van der Waals surface area contributed by atoms with Gasteiger partial charge in [0.25, 0.3) is 0 Å². The van der Waals surface area contributed by atoms with Gasteiger partial charge in [-0.15, -0.1) is 0 Å². The highest BCUT2D eigenvalue weighted by molar-refractivity contribution is 7.87. The van der Waals surface area contributed by atoms with Gasteiger partial charge in [0.1, 0.15) is 18.4 Å². The molecular formula is C14H14F3NO5S. The molecule has 0 saturated carbocycles. The Hall–Kier alpha value is -2.07. The number of benzene rings is 1. The summed E-state index contributed by atoms with van der Waals surface area (Å²) in [6.07, 6.45) is 0.771. The SMILES string of the molecule is O=C(OCc1ccccc1)C1CC(OS(=O)(=O)C(F)(F)F)=CCN1. The summed E-state index contributed by atoms with van der Waals surface area (Å²) in [6.45, 7) is -0.0214. The summed E-state index contributed by atoms with van der Waals surface area (Å²) in [6, 6.07) is 7.82. The molecule has 10 heteroatoms. The second-order valence-corrected chi connectivity index (χ2v) is 6.45. The summed E-state index contributed by atoms with van der Waals surface area (Å²) in [5.74, 6) is -1.16. The summed E-state index contributed by atoms with van der Waals surface area (Å²) in [4.78, 5) is 11.9. The van der Waals surface area contributed by atoms with Crippen molar-refractivity contribution in [3.8, 4) is 0 Å². The van der Waals surface area contributed by atoms with Crippen LogP contribution >= 0.6 is 0 Å². The van der Waals surface area contributed by atoms with Gasteiger partial charge in [-0.25, -0.2) is 0 Å². The number of halogens is 3. The van der Waals surface area contributed by atoms with Crippen LogP contribution in [0.4, 0.5) is 13.2 Å². The molecule has 1 N–H and O–H groups in total. The van der Waals surface area contributed by atoms with E-state index in [4.69, 9.17) is 4.74 Å². The molecule has 1 atom stereocenters. The highest BCUT2D eigenvalue weighted by Gasteiger charge is 2.49. The van der Waals surface area contributed by atoms with Crippen LogP contribution in [0.1, 0.15) is 12.0 Å². The van der Waals surface area contributed by atoms with Gasteiger partial charge in [-0.3, -0.25) is 4.79 Å². The van der Waals surface area contributed by atoms with Gasteiger partial charge in [-0.1, -0.05) is 30.3 Å². The third-order valence-electron chi connectivity index (χ3n) is 3.11. The molecule has 6 nitrogen and oxygen atoms in total. The predicted molar refractivity (Wildman–Crippen MR) is 76.8 cm³/mol. The fourth-order valence-electron chi connectivity index (χ4n) is 1.92. The zero-order chi connectivity index (χ0) is 17.8. The number of ether oxygens (including phenoxy) is 1. The van der Waals surface area contributed by atoms with E-state index in [9.17, 15) is 26.4 Å². The summed E-state index contributed by atoms with van der Waals surface area (Å²) in [5, 5.41) is 2.70. The lowest BCUT2D eigenvalue weighted by molar-refractivity contribution is -0.147. The minimum atomic E-state index is -5.75. The highest BCUT2D eigenvalue weighted by Crippen LogP contribution is 2.28. The monoisotopic (exact) mass is 365 g/mol. The third kappa shape index (κ3) is 4.71. The average Bonchev–Trinajstić information content (AvgIpc) is 2.52. The second-order valence-electron chi connectivity index (χ2n) is 4.91. The Labute approximate surface area is 136 Å². The molecule has 1 unspecified atom stereocenters. The zero-order valence-electron chi connectivity index (χ0n) is 12.2. The first kappa shape index (κ1) is 18.3. The van der Waals surface area contributed by atoms with E-state index < -0.39 is 33.4 Å². The van der Waals surface area contributed by atoms with Crippen molar-refractivity contribution < 1.29 is 35.3 Å². The third-order valence-corrected chi connectivity index (χ3v) is 4.11. The van der Waals surface area contributed by atoms with Crippen LogP contribution in [0, 0.1) is 0 Å². The van der Waals surface area contributed by atoms with Crippen molar-refractivity contribution in [2.24, 2.45) is 0 Å². The van der Waals surface area contributed by atoms with E-state index in [1.165, 1.54) is 0 Å². The molecule has 1 heterocycles. The number of hydrogen-bond donors (Lipinski definition) is 1. The molecule has 1 aromatic rings. The molecule has 1 aliphatic heterocycles. The molecule has 132 valence electrons. The summed E-state index contributed by atoms with van der Waals surface area (Å²) in [5.41, 5.74) is -4.78. The van der Waals surface area contributed by atoms with Crippen LogP contribution in [0.2, 0.25) is 0 Å². The lowest BCUT2D eigenvalue weighted by Crippen LogP contribution is -2.41. The summed E-state index contributed by atoms with van der Waals surface area (Å²) < 4.78 is 68.0. The smallest absolute Gasteiger partial charge is 0.460 e. The quantitative estimate of drug-likeness (QED) is 0.487. The molecule has 0 amide bonds. The Kier molecular flexibility index (Phi) is 5.50. The van der Waals surface area contributed by atoms with Crippen LogP contribution in [0.3, 0.4) is 0 Å². The average molecular weight is 365 g/mol. The van der Waals surface area contributed by atoms with E-state index in [-0.39, 0.29) is 19.6 Å². The molecule has 0 spiro atoms. The fraction of sp³-hybridized carbons (Fsp3) is 0.357. The zero-order valence-corrected chi connectivity index (χ0v) is 13.1. The molecule has 0 radical (unpaired) electrons. The maximum atomic E-state index is 12.3. The largest absolute Gasteiger partial charge is 0.534 e. The molecule has 0 fully saturated rings. The number of carbonyl (C=O) groups is 1. The van der Waals surface area contributed by atoms with Gasteiger partial charge < -0.3 is 14.2 Å². The van der Waals surface area contributed by atoms with Crippen LogP contribution in [0.5, 0.6) is 0 Å². The number of nitrogens with one attached hydrogen (secondary N) is 1. The van der Waals surface area contributed by atoms with E-state index in [1.54, 1.807) is 30.3 Å². The molecule has 0 saturated heterocycles. The summed E-state index contributed by atoms with van der Waals surface area (Å²) >= 11 is 0. The Balaban J connectivity index is 1.92. The van der Waals surface area contributed by atoms with Crippen molar-refractivity contribution in [1.82, 2.24) is 5.32 Å². The Morgan fingerprint density at radius 3 is 2.54 bits per heavy atom. The minimum Gasteiger partial charge on any atom is -0.460 e. The predicted octanol–water partition coefficient (Wildman–Crippen LogP) is 1.84. The number of esters is 1. The van der Waals surface area contributed by atoms with E-state index in [0.717, 1.165) is 11.6 Å². The van der Waals surface area contributed by atoms with Gasteiger partial charge in [0, 0.05) is 13.0 Å². The molecule has 24 heavy (non-hydrogen) atoms. The van der Waals surface area contributed by atoms with Crippen LogP contribution < -0.4 is 5.32 Å². The number of alkyl halides is 3. The van der Waals surface area contributed by atoms with Crippen molar-refractivity contribution in [3.05, 3.63) is 47.7 Å². The van der Waals surface area contributed by atoms with Gasteiger partial charge in [-0.2, -0.15) is 21.6 Å². The first-order valence-electron chi connectivity index (χ1n) is 6.83. The Morgan fingerprint density at radius 1 is 1.25 bits per heavy atom. The van der Waals surface area contributed by atoms with Gasteiger partial charge in [0.2, 0.25) is 0 Å². The lowest BCUT2D eigenvalue weighted by Gasteiger charge is -2.23. The minimum absolute atomic E-state index is 0.00138. The van der Waals surface area contributed by atoms with Crippen molar-refractivity contribution in [2.45, 2.75) is 24.6 Å². The Morgan fingerprint density at radius 2 is 1.92 bits per heavy atom. The van der Waals surface area contributed by atoms with Crippen LogP contribution in [0.25, 0.3) is 0 Å². The molecule has 0 bridgehead atoms. The molecule has 0 aliphatic carbocycles. The maximum Gasteiger partial charge on any atom is 0.534 e. The van der Waals surface area contributed by atoms with E-state index in [1.807, 2.05) is 0 Å². The van der Waals surface area contributed by atoms with Gasteiger partial charge >= 0.3 is 21.6 Å². The number of carbonyl (C=O) groups excluding carboxylic acids is 1. The van der Waals surface area contributed by atoms with Crippen LogP contribution in [-0.4, -0.2) is 32.5 Å². The van der Waals surface area contributed by atoms with Crippen LogP contribution in [0.15, 0.2) is 42.2 Å². The van der Waals surface area contributed by atoms with E-state index in [0.29, 0.717) is 0 Å². The standard InChI is InChI=1S/C14H14F3NO5S/c15-14(16,17)24(20,21)23-11-6-7-18-12(8-11)13(19)22-9-10-4-2-1-3-5-10/h1-6,12,18H,7-9H2. The molecule has 2 rings (SSSR count). The van der Waals surface area contributed by atoms with Gasteiger partial charge in [0.15, 0.2) is 0 Å². The molecule has 0 aromatic heterocycles. The number of hydrogen-bond acceptors (Lipinski definition) is 6. The molecule has 1 aliphatic rings. The Bertz CT molecular complexity index is 716. The highest BCUT2D eigenvalue weighted by atomic mass is 32.2. The van der Waals surface area contributed by atoms with Crippen molar-refractivity contribution in [2.75, 3.05) is 6.54 Å². The first-order valence-corrected chi connectivity index (χ1v) is 8.23. The second kappa shape index (κ2) is 7.22. The normalized spacial score (nSPS) is 18.6. The molecule has 1 aromatic carbocycles. The topological polar surface area (TPSA) is 81.7 Å². The maximum absolute atomic E-state index is 12.3. The van der Waals surface area contributed by atoms with Gasteiger partial charge in [-0.05, 0) is 11.6 Å². The number of rotatable bonds is 5. The molecular weight excluding hydrogens is 351 g/mol. The fourth-order valence-corrected chi connectivity index (χ4v) is 2.44. The van der Waals surface area contributed by atoms with Crippen molar-refractivity contribution in [1.29, 1.82) is 0 Å². The van der Waals surface area contributed by atoms with E-state index >= 15 is 0 Å². The van der Waals surface area contributed by atoms with Crippen molar-refractivity contribution >= 4 is 16.1 Å².